The molecule has 2 N–H and O–H groups in total. The van der Waals surface area contributed by atoms with Gasteiger partial charge in [-0.1, -0.05) is 107 Å². The molecule has 0 aliphatic heterocycles. The van der Waals surface area contributed by atoms with Gasteiger partial charge >= 0.3 is 0 Å². The molecule has 0 spiro atoms. The number of para-hydroxylation sites is 3. The minimum Gasteiger partial charge on any atom is -0.493 e. The van der Waals surface area contributed by atoms with Crippen molar-refractivity contribution in [3.8, 4) is 11.5 Å². The van der Waals surface area contributed by atoms with Gasteiger partial charge in [0.05, 0.1) is 25.3 Å². The predicted molar refractivity (Wildman–Crippen MR) is 167 cm³/mol. The van der Waals surface area contributed by atoms with Gasteiger partial charge in [0.25, 0.3) is 0 Å². The highest BCUT2D eigenvalue weighted by molar-refractivity contribution is 5.90. The summed E-state index contributed by atoms with van der Waals surface area (Å²) in [5.74, 6) is 1.79. The van der Waals surface area contributed by atoms with Crippen LogP contribution in [-0.4, -0.2) is 23.3 Å². The first-order valence-electron chi connectivity index (χ1n) is 14.9. The Labute approximate surface area is 240 Å². The summed E-state index contributed by atoms with van der Waals surface area (Å²) < 4.78 is 11.6. The van der Waals surface area contributed by atoms with E-state index in [0.29, 0.717) is 0 Å². The third-order valence-corrected chi connectivity index (χ3v) is 6.74. The zero-order valence-corrected chi connectivity index (χ0v) is 24.3. The molecule has 5 nitrogen and oxygen atoms in total. The number of hydrogen-bond donors (Lipinski definition) is 2. The molecule has 0 fully saturated rings. The molecule has 214 valence electrons. The first kappa shape index (κ1) is 31.0. The predicted octanol–water partition coefficient (Wildman–Crippen LogP) is 8.94. The normalized spacial score (nSPS) is 10.6. The van der Waals surface area contributed by atoms with Gasteiger partial charge in [0.2, 0.25) is 0 Å². The Bertz CT molecular complexity index is 1240. The van der Waals surface area contributed by atoms with Crippen molar-refractivity contribution in [1.29, 1.82) is 0 Å². The second-order valence-electron chi connectivity index (χ2n) is 9.92. The molecule has 0 atom stereocenters. The molecule has 0 saturated carbocycles. The van der Waals surface area contributed by atoms with E-state index in [2.05, 4.69) is 48.4 Å². The number of nitrogens with one attached hydrogen (secondary N) is 1. The highest BCUT2D eigenvalue weighted by Gasteiger charge is 2.05. The van der Waals surface area contributed by atoms with Gasteiger partial charge in [0.15, 0.2) is 0 Å². The highest BCUT2D eigenvalue weighted by Crippen LogP contribution is 2.24. The monoisotopic (exact) mass is 542 g/mol. The average Bonchev–Trinajstić information content (AvgIpc) is 3.01. The smallest absolute Gasteiger partial charge is 0.124 e. The second-order valence-corrected chi connectivity index (χ2v) is 9.92. The molecule has 4 rings (SSSR count). The van der Waals surface area contributed by atoms with E-state index in [1.165, 1.54) is 44.1 Å². The molecule has 0 unspecified atom stereocenters. The van der Waals surface area contributed by atoms with Gasteiger partial charge in [-0.25, -0.2) is 0 Å². The maximum Gasteiger partial charge on any atom is 0.124 e. The molecule has 1 heterocycles. The van der Waals surface area contributed by atoms with Crippen molar-refractivity contribution in [2.75, 3.05) is 18.5 Å². The maximum absolute atomic E-state index is 9.08. The SMILES string of the molecule is CCCCCCOc1ccccc1CNc1ccnc2ccccc12.CCCCCCOc1ccccc1CO. The van der Waals surface area contributed by atoms with Crippen molar-refractivity contribution < 1.29 is 14.6 Å². The lowest BCUT2D eigenvalue weighted by atomic mass is 10.1. The lowest BCUT2D eigenvalue weighted by Gasteiger charge is -2.14. The number of aliphatic hydroxyl groups excluding tert-OH is 1. The maximum atomic E-state index is 9.08. The van der Waals surface area contributed by atoms with Crippen LogP contribution in [0.1, 0.15) is 76.3 Å². The number of aliphatic hydroxyl groups is 1. The molecule has 1 aromatic heterocycles. The number of unbranched alkanes of at least 4 members (excludes halogenated alkanes) is 6. The number of nitrogens with zero attached hydrogens (tertiary/aromatic N) is 1. The number of hydrogen-bond acceptors (Lipinski definition) is 5. The molecule has 3 aromatic carbocycles. The summed E-state index contributed by atoms with van der Waals surface area (Å²) >= 11 is 0. The lowest BCUT2D eigenvalue weighted by molar-refractivity contribution is 0.260. The highest BCUT2D eigenvalue weighted by atomic mass is 16.5. The van der Waals surface area contributed by atoms with Crippen LogP contribution in [0.25, 0.3) is 10.9 Å². The van der Waals surface area contributed by atoms with Gasteiger partial charge in [-0.2, -0.15) is 0 Å². The van der Waals surface area contributed by atoms with E-state index in [4.69, 9.17) is 14.6 Å². The van der Waals surface area contributed by atoms with E-state index >= 15 is 0 Å². The van der Waals surface area contributed by atoms with Gasteiger partial charge < -0.3 is 19.9 Å². The molecule has 4 aromatic rings. The van der Waals surface area contributed by atoms with Gasteiger partial charge in [-0.15, -0.1) is 0 Å². The van der Waals surface area contributed by atoms with E-state index in [1.54, 1.807) is 0 Å². The molecule has 0 aliphatic carbocycles. The molecule has 0 aliphatic rings. The van der Waals surface area contributed by atoms with Crippen molar-refractivity contribution in [2.45, 2.75) is 78.4 Å². The van der Waals surface area contributed by atoms with E-state index in [1.807, 2.05) is 60.8 Å². The summed E-state index contributed by atoms with van der Waals surface area (Å²) in [7, 11) is 0. The van der Waals surface area contributed by atoms with Gasteiger partial charge in [0, 0.05) is 34.9 Å². The third-order valence-electron chi connectivity index (χ3n) is 6.74. The summed E-state index contributed by atoms with van der Waals surface area (Å²) in [6.45, 7) is 6.74. The number of aromatic nitrogens is 1. The zero-order chi connectivity index (χ0) is 28.3. The second kappa shape index (κ2) is 18.7. The fraction of sp³-hybridized carbons (Fsp3) is 0.400. The molecule has 0 bridgehead atoms. The quantitative estimate of drug-likeness (QED) is 0.138. The number of rotatable bonds is 16. The summed E-state index contributed by atoms with van der Waals surface area (Å²) in [6.07, 6.45) is 11.6. The first-order chi connectivity index (χ1) is 19.8. The topological polar surface area (TPSA) is 63.6 Å². The molecule has 40 heavy (non-hydrogen) atoms. The Morgan fingerprint density at radius 1 is 0.650 bits per heavy atom. The summed E-state index contributed by atoms with van der Waals surface area (Å²) in [4.78, 5) is 4.41. The largest absolute Gasteiger partial charge is 0.493 e. The summed E-state index contributed by atoms with van der Waals surface area (Å²) in [5, 5.41) is 13.8. The van der Waals surface area contributed by atoms with E-state index in [0.717, 1.165) is 66.3 Å². The fourth-order valence-electron chi connectivity index (χ4n) is 4.43. The fourth-order valence-corrected chi connectivity index (χ4v) is 4.43. The number of anilines is 1. The van der Waals surface area contributed by atoms with Crippen LogP contribution in [0.5, 0.6) is 11.5 Å². The van der Waals surface area contributed by atoms with Gasteiger partial charge in [0.1, 0.15) is 11.5 Å². The molecular formula is C35H46N2O3. The molecule has 5 heteroatoms. The van der Waals surface area contributed by atoms with Crippen molar-refractivity contribution in [3.05, 3.63) is 96.2 Å². The van der Waals surface area contributed by atoms with Crippen molar-refractivity contribution in [1.82, 2.24) is 4.98 Å². The van der Waals surface area contributed by atoms with Crippen LogP contribution < -0.4 is 14.8 Å². The Morgan fingerprint density at radius 2 is 1.23 bits per heavy atom. The standard InChI is InChI=1S/C22H26N2O.C13H20O2/c1-2-3-4-9-16-25-22-13-8-5-10-18(22)17-24-21-14-15-23-20-12-7-6-11-19(20)21;1-2-3-4-7-10-15-13-9-6-5-8-12(13)11-14/h5-8,10-15H,2-4,9,16-17H2,1H3,(H,23,24);5-6,8-9,14H,2-4,7,10-11H2,1H3. The van der Waals surface area contributed by atoms with Crippen LogP contribution in [0.2, 0.25) is 0 Å². The van der Waals surface area contributed by atoms with E-state index in [-0.39, 0.29) is 6.61 Å². The molecule has 0 amide bonds. The Kier molecular flexibility index (Phi) is 14.5. The Morgan fingerprint density at radius 3 is 1.88 bits per heavy atom. The van der Waals surface area contributed by atoms with Crippen molar-refractivity contribution in [2.24, 2.45) is 0 Å². The molecule has 0 radical (unpaired) electrons. The van der Waals surface area contributed by atoms with Crippen LogP contribution in [0, 0.1) is 0 Å². The third kappa shape index (κ3) is 10.5. The number of pyridine rings is 1. The molecular weight excluding hydrogens is 496 g/mol. The van der Waals surface area contributed by atoms with E-state index in [9.17, 15) is 0 Å². The van der Waals surface area contributed by atoms with Gasteiger partial charge in [-0.3, -0.25) is 4.98 Å². The lowest BCUT2D eigenvalue weighted by Crippen LogP contribution is -2.05. The minimum absolute atomic E-state index is 0.0468. The van der Waals surface area contributed by atoms with Crippen LogP contribution in [0.3, 0.4) is 0 Å². The summed E-state index contributed by atoms with van der Waals surface area (Å²) in [5.41, 5.74) is 4.16. The first-order valence-corrected chi connectivity index (χ1v) is 14.9. The number of fused-ring (bicyclic) bond motifs is 1. The van der Waals surface area contributed by atoms with Crippen LogP contribution in [0.15, 0.2) is 85.1 Å². The van der Waals surface area contributed by atoms with Crippen LogP contribution in [0.4, 0.5) is 5.69 Å². The van der Waals surface area contributed by atoms with Gasteiger partial charge in [-0.05, 0) is 37.1 Å². The minimum atomic E-state index is 0.0468. The Hall–Kier alpha value is -3.57. The Balaban J connectivity index is 0.000000252. The summed E-state index contributed by atoms with van der Waals surface area (Å²) in [6, 6.07) is 26.1. The van der Waals surface area contributed by atoms with Crippen LogP contribution >= 0.6 is 0 Å². The number of benzene rings is 3. The van der Waals surface area contributed by atoms with Crippen molar-refractivity contribution >= 4 is 16.6 Å². The van der Waals surface area contributed by atoms with E-state index < -0.39 is 0 Å². The van der Waals surface area contributed by atoms with Crippen LogP contribution in [-0.2, 0) is 13.2 Å². The zero-order valence-electron chi connectivity index (χ0n) is 24.3. The average molecular weight is 543 g/mol. The number of ether oxygens (including phenoxy) is 2. The van der Waals surface area contributed by atoms with Crippen molar-refractivity contribution in [3.63, 3.8) is 0 Å². The molecule has 0 saturated heterocycles.